The van der Waals surface area contributed by atoms with Crippen molar-refractivity contribution in [2.24, 2.45) is 7.05 Å². The van der Waals surface area contributed by atoms with E-state index in [2.05, 4.69) is 45.6 Å². The lowest BCUT2D eigenvalue weighted by atomic mass is 10.0. The number of aryl methyl sites for hydroxylation is 2. The average Bonchev–Trinajstić information content (AvgIpc) is 3.29. The van der Waals surface area contributed by atoms with Gasteiger partial charge < -0.3 is 16.0 Å². The van der Waals surface area contributed by atoms with Crippen LogP contribution in [0.5, 0.6) is 0 Å². The van der Waals surface area contributed by atoms with E-state index in [1.54, 1.807) is 23.2 Å². The second-order valence-electron chi connectivity index (χ2n) is 8.21. The van der Waals surface area contributed by atoms with Crippen LogP contribution in [0.3, 0.4) is 0 Å². The summed E-state index contributed by atoms with van der Waals surface area (Å²) in [7, 11) is 1.90. The molecule has 34 heavy (non-hydrogen) atoms. The molecule has 0 aliphatic carbocycles. The summed E-state index contributed by atoms with van der Waals surface area (Å²) >= 11 is 0. The van der Waals surface area contributed by atoms with E-state index in [-0.39, 0.29) is 11.9 Å². The fraction of sp³-hybridized carbons (Fsp3) is 0.148. The average molecular weight is 453 g/mol. The number of dihydropyridines is 1. The Bertz CT molecular complexity index is 1310. The van der Waals surface area contributed by atoms with Gasteiger partial charge in [-0.25, -0.2) is 0 Å². The number of carbonyl (C=O) groups is 1. The van der Waals surface area contributed by atoms with Crippen LogP contribution >= 0.6 is 0 Å². The third kappa shape index (κ3) is 5.32. The molecular formula is C27H28N6O. The van der Waals surface area contributed by atoms with Crippen LogP contribution in [0.25, 0.3) is 5.57 Å². The normalized spacial score (nSPS) is 15.1. The smallest absolute Gasteiger partial charge is 0.257 e. The maximum Gasteiger partial charge on any atom is 0.257 e. The molecule has 0 fully saturated rings. The predicted octanol–water partition coefficient (Wildman–Crippen LogP) is 4.62. The number of anilines is 1. The number of benzene rings is 1. The van der Waals surface area contributed by atoms with Crippen LogP contribution in [0, 0.1) is 6.92 Å². The van der Waals surface area contributed by atoms with E-state index >= 15 is 0 Å². The largest absolute Gasteiger partial charge is 0.377 e. The second-order valence-corrected chi connectivity index (χ2v) is 8.21. The van der Waals surface area contributed by atoms with Gasteiger partial charge in [0.25, 0.3) is 5.91 Å². The highest BCUT2D eigenvalue weighted by atomic mass is 16.1. The molecule has 0 saturated carbocycles. The molecule has 7 nitrogen and oxygen atoms in total. The number of rotatable bonds is 7. The van der Waals surface area contributed by atoms with Gasteiger partial charge in [-0.15, -0.1) is 0 Å². The summed E-state index contributed by atoms with van der Waals surface area (Å²) in [6.07, 6.45) is 14.9. The van der Waals surface area contributed by atoms with Crippen LogP contribution in [0.2, 0.25) is 0 Å². The van der Waals surface area contributed by atoms with Crippen molar-refractivity contribution in [1.82, 2.24) is 25.4 Å². The van der Waals surface area contributed by atoms with Crippen molar-refractivity contribution in [1.29, 1.82) is 0 Å². The van der Waals surface area contributed by atoms with Gasteiger partial charge in [-0.05, 0) is 67.0 Å². The minimum absolute atomic E-state index is 0.0269. The van der Waals surface area contributed by atoms with Crippen LogP contribution < -0.4 is 16.0 Å². The molecule has 172 valence electrons. The first-order valence-electron chi connectivity index (χ1n) is 11.0. The highest BCUT2D eigenvalue weighted by Gasteiger charge is 2.13. The molecule has 4 rings (SSSR count). The first-order valence-corrected chi connectivity index (χ1v) is 11.0. The van der Waals surface area contributed by atoms with Crippen molar-refractivity contribution in [3.05, 3.63) is 120 Å². The molecule has 0 bridgehead atoms. The molecule has 3 N–H and O–H groups in total. The highest BCUT2D eigenvalue weighted by Crippen LogP contribution is 2.23. The van der Waals surface area contributed by atoms with Crippen molar-refractivity contribution in [2.75, 3.05) is 5.32 Å². The quantitative estimate of drug-likeness (QED) is 0.487. The van der Waals surface area contributed by atoms with Crippen molar-refractivity contribution in [2.45, 2.75) is 19.9 Å². The van der Waals surface area contributed by atoms with E-state index in [0.29, 0.717) is 5.56 Å². The number of nitrogens with zero attached hydrogens (tertiary/aromatic N) is 3. The Morgan fingerprint density at radius 1 is 1.24 bits per heavy atom. The molecule has 7 heteroatoms. The Hall–Kier alpha value is -4.39. The molecule has 3 heterocycles. The molecule has 1 atom stereocenters. The summed E-state index contributed by atoms with van der Waals surface area (Å²) in [4.78, 5) is 16.7. The SMILES string of the molecule is C=C/C(N[C@@H](C)c1cccc(NC(=O)c2cncc(C)c2)c1)=C1/C=C(c2cnn(C)c2)C=CN1. The molecule has 0 saturated heterocycles. The Morgan fingerprint density at radius 3 is 2.82 bits per heavy atom. The lowest BCUT2D eigenvalue weighted by Crippen LogP contribution is -2.22. The van der Waals surface area contributed by atoms with Gasteiger partial charge in [-0.3, -0.25) is 14.5 Å². The van der Waals surface area contributed by atoms with E-state index in [4.69, 9.17) is 0 Å². The Labute approximate surface area is 199 Å². The molecular weight excluding hydrogens is 424 g/mol. The number of nitrogens with one attached hydrogen (secondary N) is 3. The predicted molar refractivity (Wildman–Crippen MR) is 136 cm³/mol. The maximum absolute atomic E-state index is 12.6. The standard InChI is InChI=1S/C27H28N6O/c1-5-25(26-13-21(9-10-29-26)23-16-30-33(4)17-23)31-19(3)20-7-6-8-24(12-20)32-27(34)22-11-18(2)14-28-15-22/h5-17,19,29,31H,1H2,2-4H3,(H,32,34)/b26-25+/t19-/m0/s1. The topological polar surface area (TPSA) is 83.9 Å². The third-order valence-corrected chi connectivity index (χ3v) is 5.49. The molecule has 2 aromatic heterocycles. The zero-order chi connectivity index (χ0) is 24.1. The first-order chi connectivity index (χ1) is 16.4. The maximum atomic E-state index is 12.6. The van der Waals surface area contributed by atoms with E-state index in [1.165, 1.54) is 0 Å². The molecule has 0 spiro atoms. The third-order valence-electron chi connectivity index (χ3n) is 5.49. The van der Waals surface area contributed by atoms with Crippen LogP contribution in [-0.2, 0) is 7.05 Å². The summed E-state index contributed by atoms with van der Waals surface area (Å²) in [6, 6.07) is 9.59. The number of aromatic nitrogens is 3. The van der Waals surface area contributed by atoms with Crippen molar-refractivity contribution >= 4 is 17.2 Å². The zero-order valence-corrected chi connectivity index (χ0v) is 19.5. The Morgan fingerprint density at radius 2 is 2.09 bits per heavy atom. The lowest BCUT2D eigenvalue weighted by Gasteiger charge is -2.21. The fourth-order valence-electron chi connectivity index (χ4n) is 3.70. The first kappa shape index (κ1) is 22.8. The van der Waals surface area contributed by atoms with E-state index in [9.17, 15) is 4.79 Å². The van der Waals surface area contributed by atoms with Crippen LogP contribution in [-0.4, -0.2) is 20.7 Å². The van der Waals surface area contributed by atoms with Crippen LogP contribution in [0.4, 0.5) is 5.69 Å². The minimum Gasteiger partial charge on any atom is -0.377 e. The van der Waals surface area contributed by atoms with Gasteiger partial charge in [0.2, 0.25) is 0 Å². The second kappa shape index (κ2) is 10.0. The van der Waals surface area contributed by atoms with E-state index in [0.717, 1.165) is 39.3 Å². The summed E-state index contributed by atoms with van der Waals surface area (Å²) in [6.45, 7) is 7.97. The van der Waals surface area contributed by atoms with E-state index in [1.807, 2.05) is 69.0 Å². The summed E-state index contributed by atoms with van der Waals surface area (Å²) in [5, 5.41) is 14.0. The minimum atomic E-state index is -0.186. The van der Waals surface area contributed by atoms with Gasteiger partial charge in [-0.2, -0.15) is 5.10 Å². The highest BCUT2D eigenvalue weighted by molar-refractivity contribution is 6.04. The van der Waals surface area contributed by atoms with Crippen LogP contribution in [0.1, 0.15) is 40.0 Å². The van der Waals surface area contributed by atoms with Gasteiger partial charge in [0.15, 0.2) is 0 Å². The van der Waals surface area contributed by atoms with Gasteiger partial charge in [0, 0.05) is 49.1 Å². The molecule has 1 aliphatic rings. The molecule has 1 amide bonds. The number of hydrogen-bond donors (Lipinski definition) is 3. The molecule has 1 aliphatic heterocycles. The molecule has 1 aromatic carbocycles. The Balaban J connectivity index is 1.51. The van der Waals surface area contributed by atoms with Gasteiger partial charge in [-0.1, -0.05) is 18.7 Å². The fourth-order valence-corrected chi connectivity index (χ4v) is 3.70. The summed E-state index contributed by atoms with van der Waals surface area (Å²) in [5.74, 6) is -0.186. The number of allylic oxidation sites excluding steroid dienone is 4. The molecule has 0 unspecified atom stereocenters. The zero-order valence-electron chi connectivity index (χ0n) is 19.5. The van der Waals surface area contributed by atoms with Crippen molar-refractivity contribution in [3.63, 3.8) is 0 Å². The molecule has 0 radical (unpaired) electrons. The van der Waals surface area contributed by atoms with Gasteiger partial charge in [0.1, 0.15) is 0 Å². The number of pyridine rings is 1. The number of hydrogen-bond acceptors (Lipinski definition) is 5. The van der Waals surface area contributed by atoms with Crippen molar-refractivity contribution in [3.8, 4) is 0 Å². The summed E-state index contributed by atoms with van der Waals surface area (Å²) < 4.78 is 1.78. The number of amides is 1. The molecule has 3 aromatic rings. The Kier molecular flexibility index (Phi) is 6.73. The van der Waals surface area contributed by atoms with Crippen LogP contribution in [0.15, 0.2) is 97.5 Å². The monoisotopic (exact) mass is 452 g/mol. The summed E-state index contributed by atoms with van der Waals surface area (Å²) in [5.41, 5.74) is 7.12. The van der Waals surface area contributed by atoms with Gasteiger partial charge in [0.05, 0.1) is 23.2 Å². The van der Waals surface area contributed by atoms with E-state index < -0.39 is 0 Å². The van der Waals surface area contributed by atoms with Gasteiger partial charge >= 0.3 is 0 Å². The lowest BCUT2D eigenvalue weighted by molar-refractivity contribution is 0.102. The van der Waals surface area contributed by atoms with Crippen molar-refractivity contribution < 1.29 is 4.79 Å². The number of carbonyl (C=O) groups excluding carboxylic acids is 1.